The molecule has 1 aromatic rings. The van der Waals surface area contributed by atoms with Gasteiger partial charge in [-0.3, -0.25) is 4.79 Å². The molecule has 0 spiro atoms. The van der Waals surface area contributed by atoms with Crippen molar-refractivity contribution in [3.8, 4) is 11.5 Å². The zero-order valence-electron chi connectivity index (χ0n) is 9.41. The van der Waals surface area contributed by atoms with E-state index in [1.807, 2.05) is 0 Å². The summed E-state index contributed by atoms with van der Waals surface area (Å²) in [5.74, 6) is 0.496. The van der Waals surface area contributed by atoms with Crippen LogP contribution in [0.1, 0.15) is 13.8 Å². The first-order valence-electron chi connectivity index (χ1n) is 4.69. The molecule has 0 saturated heterocycles. The predicted octanol–water partition coefficient (Wildman–Crippen LogP) is 2.10. The van der Waals surface area contributed by atoms with Crippen LogP contribution in [-0.2, 0) is 4.79 Å². The predicted molar refractivity (Wildman–Crippen MR) is 64.6 cm³/mol. The molecule has 1 rings (SSSR count). The second-order valence-corrected chi connectivity index (χ2v) is 4.69. The van der Waals surface area contributed by atoms with Crippen molar-refractivity contribution in [1.29, 1.82) is 0 Å². The van der Waals surface area contributed by atoms with Gasteiger partial charge in [-0.25, -0.2) is 0 Å². The molecule has 1 aromatic carbocycles. The van der Waals surface area contributed by atoms with Gasteiger partial charge in [-0.15, -0.1) is 0 Å². The molecular formula is C11H14BrNO3. The molecule has 88 valence electrons. The summed E-state index contributed by atoms with van der Waals surface area (Å²) in [5.41, 5.74) is 4.16. The monoisotopic (exact) mass is 287 g/mol. The normalized spacial score (nSPS) is 11.0. The summed E-state index contributed by atoms with van der Waals surface area (Å²) in [6.07, 6.45) is 0. The van der Waals surface area contributed by atoms with Crippen molar-refractivity contribution in [3.63, 3.8) is 0 Å². The van der Waals surface area contributed by atoms with Gasteiger partial charge in [0.25, 0.3) is 5.91 Å². The van der Waals surface area contributed by atoms with Gasteiger partial charge in [0.2, 0.25) is 0 Å². The third-order valence-corrected chi connectivity index (χ3v) is 2.58. The molecule has 16 heavy (non-hydrogen) atoms. The Morgan fingerprint density at radius 2 is 2.00 bits per heavy atom. The van der Waals surface area contributed by atoms with Gasteiger partial charge in [0.1, 0.15) is 0 Å². The standard InChI is InChI=1S/C11H14BrNO3/c1-11(2,10(13)14)16-8-5-4-7(12)6-9(8)15-3/h4-6H,1-3H3,(H2,13,14). The zero-order valence-corrected chi connectivity index (χ0v) is 11.0. The number of hydrogen-bond donors (Lipinski definition) is 1. The van der Waals surface area contributed by atoms with Crippen molar-refractivity contribution in [2.45, 2.75) is 19.4 Å². The number of carbonyl (C=O) groups is 1. The Morgan fingerprint density at radius 3 is 2.50 bits per heavy atom. The van der Waals surface area contributed by atoms with Crippen LogP contribution in [0.4, 0.5) is 0 Å². The molecule has 0 radical (unpaired) electrons. The molecule has 0 bridgehead atoms. The number of amides is 1. The molecule has 0 aliphatic carbocycles. The Morgan fingerprint density at radius 1 is 1.38 bits per heavy atom. The number of primary amides is 1. The first-order chi connectivity index (χ1) is 7.36. The van der Waals surface area contributed by atoms with Gasteiger partial charge in [0.05, 0.1) is 7.11 Å². The number of rotatable bonds is 4. The van der Waals surface area contributed by atoms with Gasteiger partial charge < -0.3 is 15.2 Å². The van der Waals surface area contributed by atoms with Crippen molar-refractivity contribution in [3.05, 3.63) is 22.7 Å². The Kier molecular flexibility index (Phi) is 3.80. The van der Waals surface area contributed by atoms with Gasteiger partial charge in [0, 0.05) is 4.47 Å². The van der Waals surface area contributed by atoms with Gasteiger partial charge in [-0.1, -0.05) is 15.9 Å². The van der Waals surface area contributed by atoms with E-state index in [0.29, 0.717) is 11.5 Å². The van der Waals surface area contributed by atoms with E-state index in [2.05, 4.69) is 15.9 Å². The average Bonchev–Trinajstić information content (AvgIpc) is 2.20. The topological polar surface area (TPSA) is 61.6 Å². The van der Waals surface area contributed by atoms with E-state index in [1.165, 1.54) is 7.11 Å². The van der Waals surface area contributed by atoms with Gasteiger partial charge in [-0.05, 0) is 32.0 Å². The third-order valence-electron chi connectivity index (χ3n) is 2.08. The average molecular weight is 288 g/mol. The molecule has 0 aliphatic rings. The number of hydrogen-bond acceptors (Lipinski definition) is 3. The number of carbonyl (C=O) groups excluding carboxylic acids is 1. The van der Waals surface area contributed by atoms with Crippen molar-refractivity contribution in [2.75, 3.05) is 7.11 Å². The second kappa shape index (κ2) is 4.74. The Hall–Kier alpha value is -1.23. The van der Waals surface area contributed by atoms with Crippen molar-refractivity contribution < 1.29 is 14.3 Å². The molecule has 2 N–H and O–H groups in total. The van der Waals surface area contributed by atoms with Crippen LogP contribution in [0.15, 0.2) is 22.7 Å². The highest BCUT2D eigenvalue weighted by atomic mass is 79.9. The van der Waals surface area contributed by atoms with Crippen LogP contribution >= 0.6 is 15.9 Å². The van der Waals surface area contributed by atoms with E-state index in [1.54, 1.807) is 32.0 Å². The van der Waals surface area contributed by atoms with Crippen LogP contribution in [-0.4, -0.2) is 18.6 Å². The van der Waals surface area contributed by atoms with Crippen molar-refractivity contribution >= 4 is 21.8 Å². The summed E-state index contributed by atoms with van der Waals surface area (Å²) in [6, 6.07) is 5.27. The maximum atomic E-state index is 11.1. The summed E-state index contributed by atoms with van der Waals surface area (Å²) < 4.78 is 11.5. The largest absolute Gasteiger partial charge is 0.493 e. The molecule has 0 atom stereocenters. The van der Waals surface area contributed by atoms with Crippen molar-refractivity contribution in [1.82, 2.24) is 0 Å². The smallest absolute Gasteiger partial charge is 0.261 e. The number of benzene rings is 1. The highest BCUT2D eigenvalue weighted by molar-refractivity contribution is 9.10. The van der Waals surface area contributed by atoms with E-state index in [-0.39, 0.29) is 0 Å². The lowest BCUT2D eigenvalue weighted by atomic mass is 10.1. The third kappa shape index (κ3) is 2.88. The van der Waals surface area contributed by atoms with Crippen molar-refractivity contribution in [2.24, 2.45) is 5.73 Å². The molecule has 0 aliphatic heterocycles. The highest BCUT2D eigenvalue weighted by Crippen LogP contribution is 2.32. The van der Waals surface area contributed by atoms with Crippen LogP contribution in [0.25, 0.3) is 0 Å². The highest BCUT2D eigenvalue weighted by Gasteiger charge is 2.28. The lowest BCUT2D eigenvalue weighted by Gasteiger charge is -2.23. The fraction of sp³-hybridized carbons (Fsp3) is 0.364. The maximum absolute atomic E-state index is 11.1. The maximum Gasteiger partial charge on any atom is 0.261 e. The molecule has 0 heterocycles. The Balaban J connectivity index is 3.01. The van der Waals surface area contributed by atoms with Crippen LogP contribution in [0, 0.1) is 0 Å². The number of halogens is 1. The number of nitrogens with two attached hydrogens (primary N) is 1. The minimum Gasteiger partial charge on any atom is -0.493 e. The molecule has 0 fully saturated rings. The van der Waals surface area contributed by atoms with Crippen LogP contribution in [0.5, 0.6) is 11.5 Å². The number of methoxy groups -OCH3 is 1. The van der Waals surface area contributed by atoms with Crippen LogP contribution < -0.4 is 15.2 Å². The fourth-order valence-corrected chi connectivity index (χ4v) is 1.39. The SMILES string of the molecule is COc1cc(Br)ccc1OC(C)(C)C(N)=O. The summed E-state index contributed by atoms with van der Waals surface area (Å²) in [6.45, 7) is 3.22. The summed E-state index contributed by atoms with van der Waals surface area (Å²) in [5, 5.41) is 0. The van der Waals surface area contributed by atoms with E-state index < -0.39 is 11.5 Å². The molecule has 5 heteroatoms. The Labute approximate surface area is 103 Å². The minimum atomic E-state index is -1.07. The van der Waals surface area contributed by atoms with E-state index >= 15 is 0 Å². The molecule has 4 nitrogen and oxygen atoms in total. The molecular weight excluding hydrogens is 274 g/mol. The lowest BCUT2D eigenvalue weighted by molar-refractivity contribution is -0.130. The quantitative estimate of drug-likeness (QED) is 0.923. The second-order valence-electron chi connectivity index (χ2n) is 3.77. The van der Waals surface area contributed by atoms with Gasteiger partial charge in [0.15, 0.2) is 17.1 Å². The first-order valence-corrected chi connectivity index (χ1v) is 5.48. The fourth-order valence-electron chi connectivity index (χ4n) is 1.05. The zero-order chi connectivity index (χ0) is 12.3. The Bertz CT molecular complexity index is 404. The summed E-state index contributed by atoms with van der Waals surface area (Å²) in [7, 11) is 1.53. The summed E-state index contributed by atoms with van der Waals surface area (Å²) in [4.78, 5) is 11.1. The molecule has 0 saturated carbocycles. The van der Waals surface area contributed by atoms with E-state index in [0.717, 1.165) is 4.47 Å². The lowest BCUT2D eigenvalue weighted by Crippen LogP contribution is -2.43. The first kappa shape index (κ1) is 12.8. The number of ether oxygens (including phenoxy) is 2. The van der Waals surface area contributed by atoms with Gasteiger partial charge in [-0.2, -0.15) is 0 Å². The van der Waals surface area contributed by atoms with Crippen LogP contribution in [0.2, 0.25) is 0 Å². The minimum absolute atomic E-state index is 0.481. The van der Waals surface area contributed by atoms with E-state index in [4.69, 9.17) is 15.2 Å². The van der Waals surface area contributed by atoms with E-state index in [9.17, 15) is 4.79 Å². The molecule has 0 aromatic heterocycles. The summed E-state index contributed by atoms with van der Waals surface area (Å²) >= 11 is 3.32. The molecule has 0 unspecified atom stereocenters. The molecule has 1 amide bonds. The van der Waals surface area contributed by atoms with Crippen LogP contribution in [0.3, 0.4) is 0 Å². The van der Waals surface area contributed by atoms with Gasteiger partial charge >= 0.3 is 0 Å².